The van der Waals surface area contributed by atoms with E-state index in [1.54, 1.807) is 36.4 Å². The fraction of sp³-hybridized carbons (Fsp3) is 0.115. The molecule has 33 heavy (non-hydrogen) atoms. The number of amides is 3. The predicted octanol–water partition coefficient (Wildman–Crippen LogP) is 5.25. The summed E-state index contributed by atoms with van der Waals surface area (Å²) in [7, 11) is 0. The van der Waals surface area contributed by atoms with Crippen molar-refractivity contribution in [2.24, 2.45) is 0 Å². The number of halogens is 1. The van der Waals surface area contributed by atoms with E-state index < -0.39 is 11.8 Å². The van der Waals surface area contributed by atoms with Crippen LogP contribution in [0.5, 0.6) is 0 Å². The molecule has 7 heteroatoms. The third kappa shape index (κ3) is 4.66. The number of hydrogen-bond donors (Lipinski definition) is 2. The number of nitrogens with one attached hydrogen (secondary N) is 2. The molecule has 4 rings (SSSR count). The molecule has 1 aliphatic heterocycles. The maximum absolute atomic E-state index is 13.0. The van der Waals surface area contributed by atoms with Gasteiger partial charge in [-0.2, -0.15) is 0 Å². The first-order valence-electron chi connectivity index (χ1n) is 10.5. The zero-order chi connectivity index (χ0) is 23.5. The summed E-state index contributed by atoms with van der Waals surface area (Å²) in [6.45, 7) is 3.97. The molecule has 0 fully saturated rings. The van der Waals surface area contributed by atoms with E-state index in [1.165, 1.54) is 0 Å². The molecule has 0 aliphatic carbocycles. The second-order valence-electron chi connectivity index (χ2n) is 7.68. The Bertz CT molecular complexity index is 1280. The van der Waals surface area contributed by atoms with Gasteiger partial charge in [-0.15, -0.1) is 0 Å². The molecule has 0 radical (unpaired) electrons. The van der Waals surface area contributed by atoms with Crippen molar-refractivity contribution in [1.29, 1.82) is 0 Å². The van der Waals surface area contributed by atoms with Crippen molar-refractivity contribution < 1.29 is 14.4 Å². The van der Waals surface area contributed by atoms with Crippen LogP contribution in [0.2, 0.25) is 0 Å². The first kappa shape index (κ1) is 22.3. The normalized spacial score (nSPS) is 13.5. The average Bonchev–Trinajstić information content (AvgIpc) is 3.02. The monoisotopic (exact) mass is 459 g/mol. The second-order valence-corrected chi connectivity index (χ2v) is 8.06. The summed E-state index contributed by atoms with van der Waals surface area (Å²) in [4.78, 5) is 39.4. The van der Waals surface area contributed by atoms with Gasteiger partial charge < -0.3 is 10.6 Å². The van der Waals surface area contributed by atoms with Crippen LogP contribution in [0.3, 0.4) is 0 Å². The largest absolute Gasteiger partial charge is 0.350 e. The number of carbonyl (C=O) groups excluding carboxylic acids is 3. The first-order valence-corrected chi connectivity index (χ1v) is 10.9. The summed E-state index contributed by atoms with van der Waals surface area (Å²) in [6, 6.07) is 21.3. The summed E-state index contributed by atoms with van der Waals surface area (Å²) in [5.74, 6) is -1.44. The van der Waals surface area contributed by atoms with Gasteiger partial charge in [0.15, 0.2) is 0 Å². The quantitative estimate of drug-likeness (QED) is 0.494. The number of carbonyl (C=O) groups is 3. The molecule has 0 aromatic heterocycles. The third-order valence-electron chi connectivity index (χ3n) is 5.30. The van der Waals surface area contributed by atoms with E-state index in [0.717, 1.165) is 22.4 Å². The lowest BCUT2D eigenvalue weighted by molar-refractivity contribution is -0.120. The van der Waals surface area contributed by atoms with Crippen molar-refractivity contribution in [2.75, 3.05) is 15.5 Å². The van der Waals surface area contributed by atoms with Crippen molar-refractivity contribution in [1.82, 2.24) is 0 Å². The number of imide groups is 1. The second kappa shape index (κ2) is 9.30. The van der Waals surface area contributed by atoms with Crippen molar-refractivity contribution in [3.8, 4) is 0 Å². The molecule has 0 unspecified atom stereocenters. The summed E-state index contributed by atoms with van der Waals surface area (Å²) in [5.41, 5.74) is 4.08. The van der Waals surface area contributed by atoms with E-state index in [0.29, 0.717) is 22.6 Å². The van der Waals surface area contributed by atoms with Gasteiger partial charge in [0.05, 0.1) is 5.69 Å². The van der Waals surface area contributed by atoms with Gasteiger partial charge in [0.1, 0.15) is 10.7 Å². The highest BCUT2D eigenvalue weighted by atomic mass is 35.5. The summed E-state index contributed by atoms with van der Waals surface area (Å²) < 4.78 is 0. The summed E-state index contributed by atoms with van der Waals surface area (Å²) in [6.07, 6.45) is 0.849. The van der Waals surface area contributed by atoms with Gasteiger partial charge in [-0.3, -0.25) is 14.4 Å². The number of rotatable bonds is 6. The lowest BCUT2D eigenvalue weighted by atomic mass is 10.1. The molecule has 166 valence electrons. The van der Waals surface area contributed by atoms with E-state index in [-0.39, 0.29) is 16.6 Å². The van der Waals surface area contributed by atoms with Gasteiger partial charge in [0.25, 0.3) is 17.7 Å². The standard InChI is InChI=1S/C26H22ClN3O3/c1-3-17-10-12-21(13-11-17)30-25(32)22(27)23(26(30)33)28-20-9-5-7-18(15-20)24(31)29-19-8-4-6-16(2)14-19/h4-15,28H,3H2,1-2H3,(H,29,31). The highest BCUT2D eigenvalue weighted by Gasteiger charge is 2.38. The molecule has 3 amide bonds. The van der Waals surface area contributed by atoms with Crippen molar-refractivity contribution in [3.05, 3.63) is 100 Å². The Morgan fingerprint density at radius 1 is 0.909 bits per heavy atom. The topological polar surface area (TPSA) is 78.5 Å². The lowest BCUT2D eigenvalue weighted by Crippen LogP contribution is -2.32. The summed E-state index contributed by atoms with van der Waals surface area (Å²) in [5, 5.41) is 5.57. The lowest BCUT2D eigenvalue weighted by Gasteiger charge is -2.15. The Balaban J connectivity index is 1.53. The predicted molar refractivity (Wildman–Crippen MR) is 130 cm³/mol. The zero-order valence-corrected chi connectivity index (χ0v) is 18.9. The number of nitrogens with zero attached hydrogens (tertiary/aromatic N) is 1. The van der Waals surface area contributed by atoms with Gasteiger partial charge in [0.2, 0.25) is 0 Å². The fourth-order valence-electron chi connectivity index (χ4n) is 3.54. The van der Waals surface area contributed by atoms with Crippen LogP contribution in [0.4, 0.5) is 17.1 Å². The van der Waals surface area contributed by atoms with Gasteiger partial charge in [-0.25, -0.2) is 4.90 Å². The Kier molecular flexibility index (Phi) is 6.29. The molecule has 1 aliphatic rings. The molecule has 0 saturated carbocycles. The number of anilines is 3. The van der Waals surface area contributed by atoms with Crippen LogP contribution >= 0.6 is 11.6 Å². The molecule has 6 nitrogen and oxygen atoms in total. The van der Waals surface area contributed by atoms with Crippen LogP contribution in [0.15, 0.2) is 83.5 Å². The van der Waals surface area contributed by atoms with E-state index in [4.69, 9.17) is 11.6 Å². The van der Waals surface area contributed by atoms with Gasteiger partial charge in [0, 0.05) is 16.9 Å². The Morgan fingerprint density at radius 2 is 1.61 bits per heavy atom. The smallest absolute Gasteiger partial charge is 0.283 e. The van der Waals surface area contributed by atoms with Crippen LogP contribution in [0, 0.1) is 6.92 Å². The molecular weight excluding hydrogens is 438 g/mol. The van der Waals surface area contributed by atoms with E-state index in [9.17, 15) is 14.4 Å². The SMILES string of the molecule is CCc1ccc(N2C(=O)C(Cl)=C(Nc3cccc(C(=O)Nc4cccc(C)c4)c3)C2=O)cc1. The highest BCUT2D eigenvalue weighted by molar-refractivity contribution is 6.53. The van der Waals surface area contributed by atoms with E-state index in [2.05, 4.69) is 10.6 Å². The van der Waals surface area contributed by atoms with Crippen molar-refractivity contribution in [2.45, 2.75) is 20.3 Å². The van der Waals surface area contributed by atoms with Crippen LogP contribution in [0.1, 0.15) is 28.4 Å². The maximum atomic E-state index is 13.0. The number of benzene rings is 3. The minimum atomic E-state index is -0.596. The minimum absolute atomic E-state index is 0.0301. The average molecular weight is 460 g/mol. The van der Waals surface area contributed by atoms with Crippen LogP contribution in [0.25, 0.3) is 0 Å². The van der Waals surface area contributed by atoms with E-state index >= 15 is 0 Å². The molecular formula is C26H22ClN3O3. The van der Waals surface area contributed by atoms with Gasteiger partial charge in [-0.05, 0) is 66.9 Å². The number of hydrogen-bond acceptors (Lipinski definition) is 4. The zero-order valence-electron chi connectivity index (χ0n) is 18.2. The Hall–Kier alpha value is -3.90. The molecule has 0 saturated heterocycles. The molecule has 3 aromatic carbocycles. The molecule has 1 heterocycles. The van der Waals surface area contributed by atoms with Gasteiger partial charge >= 0.3 is 0 Å². The minimum Gasteiger partial charge on any atom is -0.350 e. The third-order valence-corrected chi connectivity index (χ3v) is 5.65. The number of aryl methyl sites for hydroxylation is 2. The molecule has 0 bridgehead atoms. The van der Waals surface area contributed by atoms with Crippen LogP contribution < -0.4 is 15.5 Å². The molecule has 2 N–H and O–H groups in total. The first-order chi connectivity index (χ1) is 15.9. The molecule has 0 atom stereocenters. The molecule has 0 spiro atoms. The van der Waals surface area contributed by atoms with Crippen molar-refractivity contribution in [3.63, 3.8) is 0 Å². The summed E-state index contributed by atoms with van der Waals surface area (Å²) >= 11 is 6.23. The van der Waals surface area contributed by atoms with Crippen LogP contribution in [-0.2, 0) is 16.0 Å². The van der Waals surface area contributed by atoms with Gasteiger partial charge in [-0.1, -0.05) is 48.9 Å². The molecule has 3 aromatic rings. The fourth-order valence-corrected chi connectivity index (χ4v) is 3.75. The van der Waals surface area contributed by atoms with Crippen molar-refractivity contribution >= 4 is 46.4 Å². The maximum Gasteiger partial charge on any atom is 0.283 e. The highest BCUT2D eigenvalue weighted by Crippen LogP contribution is 2.30. The van der Waals surface area contributed by atoms with E-state index in [1.807, 2.05) is 50.2 Å². The van der Waals surface area contributed by atoms with Crippen LogP contribution in [-0.4, -0.2) is 17.7 Å². The Morgan fingerprint density at radius 3 is 2.30 bits per heavy atom. The Labute approximate surface area is 196 Å².